The monoisotopic (exact) mass is 346 g/mol. The first-order valence-corrected chi connectivity index (χ1v) is 9.36. The number of carbonyl (C=O) groups is 1. The molecule has 0 aliphatic carbocycles. The zero-order valence-corrected chi connectivity index (χ0v) is 15.3. The molecule has 3 rings (SSSR count). The van der Waals surface area contributed by atoms with Gasteiger partial charge in [-0.3, -0.25) is 9.69 Å². The summed E-state index contributed by atoms with van der Waals surface area (Å²) in [6.45, 7) is 7.12. The fraction of sp³-hybridized carbons (Fsp3) is 0.650. The van der Waals surface area contributed by atoms with E-state index in [0.29, 0.717) is 31.2 Å². The van der Waals surface area contributed by atoms with Crippen LogP contribution in [0.5, 0.6) is 0 Å². The Labute approximate surface area is 150 Å². The lowest BCUT2D eigenvalue weighted by Crippen LogP contribution is -2.50. The van der Waals surface area contributed by atoms with Crippen LogP contribution in [0.2, 0.25) is 0 Å². The van der Waals surface area contributed by atoms with E-state index >= 15 is 0 Å². The van der Waals surface area contributed by atoms with Crippen LogP contribution < -0.4 is 5.32 Å². The molecule has 25 heavy (non-hydrogen) atoms. The second-order valence-corrected chi connectivity index (χ2v) is 7.94. The number of rotatable bonds is 6. The highest BCUT2D eigenvalue weighted by Crippen LogP contribution is 2.20. The molecule has 1 aromatic rings. The molecule has 0 unspecified atom stereocenters. The van der Waals surface area contributed by atoms with Crippen molar-refractivity contribution in [3.63, 3.8) is 0 Å². The molecule has 2 aliphatic rings. The van der Waals surface area contributed by atoms with Crippen LogP contribution in [-0.2, 0) is 11.2 Å². The van der Waals surface area contributed by atoms with Crippen molar-refractivity contribution in [2.24, 2.45) is 0 Å². The van der Waals surface area contributed by atoms with Gasteiger partial charge < -0.3 is 15.2 Å². The first kappa shape index (κ1) is 18.4. The van der Waals surface area contributed by atoms with E-state index in [-0.39, 0.29) is 11.9 Å². The summed E-state index contributed by atoms with van der Waals surface area (Å²) in [6, 6.07) is 8.06. The van der Waals surface area contributed by atoms with E-state index in [1.807, 2.05) is 38.1 Å². The van der Waals surface area contributed by atoms with E-state index in [1.54, 1.807) is 0 Å². The van der Waals surface area contributed by atoms with Crippen LogP contribution in [0.4, 0.5) is 0 Å². The predicted octanol–water partition coefficient (Wildman–Crippen LogP) is 1.98. The van der Waals surface area contributed by atoms with Gasteiger partial charge in [-0.05, 0) is 70.3 Å². The van der Waals surface area contributed by atoms with Crippen LogP contribution in [0.25, 0.3) is 0 Å². The highest BCUT2D eigenvalue weighted by Gasteiger charge is 2.35. The number of carbonyl (C=O) groups excluding carboxylic acids is 1. The molecular weight excluding hydrogens is 316 g/mol. The predicted molar refractivity (Wildman–Crippen MR) is 97.7 cm³/mol. The lowest BCUT2D eigenvalue weighted by atomic mass is 9.97. The molecule has 0 aromatic heterocycles. The number of nitrogens with zero attached hydrogens (tertiary/aromatic N) is 1. The minimum Gasteiger partial charge on any atom is -0.390 e. The van der Waals surface area contributed by atoms with E-state index in [0.717, 1.165) is 25.1 Å². The Morgan fingerprint density at radius 1 is 1.32 bits per heavy atom. The van der Waals surface area contributed by atoms with Crippen molar-refractivity contribution in [1.82, 2.24) is 10.2 Å². The maximum Gasteiger partial charge on any atom is 0.251 e. The van der Waals surface area contributed by atoms with Gasteiger partial charge in [-0.15, -0.1) is 0 Å². The van der Waals surface area contributed by atoms with Crippen LogP contribution >= 0.6 is 0 Å². The Bertz CT molecular complexity index is 591. The van der Waals surface area contributed by atoms with Crippen LogP contribution in [0.1, 0.15) is 49.0 Å². The molecule has 0 radical (unpaired) electrons. The van der Waals surface area contributed by atoms with Gasteiger partial charge in [0.05, 0.1) is 30.9 Å². The molecule has 2 saturated heterocycles. The summed E-state index contributed by atoms with van der Waals surface area (Å²) in [6.07, 6.45) is 3.90. The van der Waals surface area contributed by atoms with Crippen molar-refractivity contribution >= 4 is 5.91 Å². The Morgan fingerprint density at radius 3 is 2.80 bits per heavy atom. The summed E-state index contributed by atoms with van der Waals surface area (Å²) in [7, 11) is 0. The van der Waals surface area contributed by atoms with E-state index in [2.05, 4.69) is 10.2 Å². The van der Waals surface area contributed by atoms with E-state index in [9.17, 15) is 9.90 Å². The number of aliphatic hydroxyl groups is 1. The van der Waals surface area contributed by atoms with Crippen molar-refractivity contribution in [2.75, 3.05) is 26.3 Å². The summed E-state index contributed by atoms with van der Waals surface area (Å²) in [5, 5.41) is 13.0. The molecule has 0 bridgehead atoms. The minimum atomic E-state index is -0.692. The van der Waals surface area contributed by atoms with Gasteiger partial charge in [0, 0.05) is 5.56 Å². The summed E-state index contributed by atoms with van der Waals surface area (Å²) < 4.78 is 5.63. The van der Waals surface area contributed by atoms with Gasteiger partial charge in [-0.2, -0.15) is 0 Å². The molecule has 5 nitrogen and oxygen atoms in total. The van der Waals surface area contributed by atoms with Crippen molar-refractivity contribution < 1.29 is 14.6 Å². The average Bonchev–Trinajstić information content (AvgIpc) is 3.23. The molecule has 0 spiro atoms. The SMILES string of the molecule is CC(C)(O)CCc1cccc(C(=O)N[C@H]2COC[C@@H]2N2CCCC2)c1. The standard InChI is InChI=1S/C20H30N2O3/c1-20(2,24)9-8-15-6-5-7-16(12-15)19(23)21-17-13-25-14-18(17)22-10-3-4-11-22/h5-7,12,17-18,24H,3-4,8-11,13-14H2,1-2H3,(H,21,23)/t17-,18-/m0/s1. The molecule has 0 saturated carbocycles. The molecule has 1 aromatic carbocycles. The number of hydrogen-bond acceptors (Lipinski definition) is 4. The molecule has 138 valence electrons. The Kier molecular flexibility index (Phi) is 5.77. The molecule has 5 heteroatoms. The number of likely N-dealkylation sites (tertiary alicyclic amines) is 1. The maximum atomic E-state index is 12.7. The van der Waals surface area contributed by atoms with Gasteiger partial charge in [-0.1, -0.05) is 12.1 Å². The number of nitrogens with one attached hydrogen (secondary N) is 1. The summed E-state index contributed by atoms with van der Waals surface area (Å²) in [5.74, 6) is -0.0372. The highest BCUT2D eigenvalue weighted by atomic mass is 16.5. The third-order valence-electron chi connectivity index (χ3n) is 5.19. The highest BCUT2D eigenvalue weighted by molar-refractivity contribution is 5.94. The van der Waals surface area contributed by atoms with Gasteiger partial charge in [0.1, 0.15) is 0 Å². The second kappa shape index (κ2) is 7.85. The van der Waals surface area contributed by atoms with Gasteiger partial charge in [0.2, 0.25) is 0 Å². The second-order valence-electron chi connectivity index (χ2n) is 7.94. The van der Waals surface area contributed by atoms with E-state index < -0.39 is 5.60 Å². The molecule has 2 N–H and O–H groups in total. The Morgan fingerprint density at radius 2 is 2.08 bits per heavy atom. The topological polar surface area (TPSA) is 61.8 Å². The van der Waals surface area contributed by atoms with Crippen molar-refractivity contribution in [1.29, 1.82) is 0 Å². The van der Waals surface area contributed by atoms with Crippen molar-refractivity contribution in [3.8, 4) is 0 Å². The average molecular weight is 346 g/mol. The number of benzene rings is 1. The minimum absolute atomic E-state index is 0.0372. The van der Waals surface area contributed by atoms with Crippen LogP contribution in [0, 0.1) is 0 Å². The fourth-order valence-electron chi connectivity index (χ4n) is 3.68. The number of amides is 1. The maximum absolute atomic E-state index is 12.7. The quantitative estimate of drug-likeness (QED) is 0.827. The van der Waals surface area contributed by atoms with Crippen LogP contribution in [0.3, 0.4) is 0 Å². The number of ether oxygens (including phenoxy) is 1. The molecular formula is C20H30N2O3. The van der Waals surface area contributed by atoms with E-state index in [4.69, 9.17) is 4.74 Å². The Balaban J connectivity index is 1.60. The third-order valence-corrected chi connectivity index (χ3v) is 5.19. The largest absolute Gasteiger partial charge is 0.390 e. The van der Waals surface area contributed by atoms with Gasteiger partial charge in [0.25, 0.3) is 5.91 Å². The van der Waals surface area contributed by atoms with Crippen LogP contribution in [0.15, 0.2) is 24.3 Å². The molecule has 1 amide bonds. The summed E-state index contributed by atoms with van der Waals surface area (Å²) in [5.41, 5.74) is 1.07. The lowest BCUT2D eigenvalue weighted by molar-refractivity contribution is 0.0714. The van der Waals surface area contributed by atoms with Gasteiger partial charge >= 0.3 is 0 Å². The first-order chi connectivity index (χ1) is 11.9. The fourth-order valence-corrected chi connectivity index (χ4v) is 3.68. The number of aryl methyl sites for hydroxylation is 1. The van der Waals surface area contributed by atoms with Gasteiger partial charge in [0.15, 0.2) is 0 Å². The third kappa shape index (κ3) is 5.03. The summed E-state index contributed by atoms with van der Waals surface area (Å²) >= 11 is 0. The van der Waals surface area contributed by atoms with Crippen LogP contribution in [-0.4, -0.2) is 59.9 Å². The zero-order chi connectivity index (χ0) is 17.9. The first-order valence-electron chi connectivity index (χ1n) is 9.36. The number of hydrogen-bond donors (Lipinski definition) is 2. The zero-order valence-electron chi connectivity index (χ0n) is 15.3. The lowest BCUT2D eigenvalue weighted by Gasteiger charge is -2.28. The normalized spacial score (nSPS) is 24.6. The summed E-state index contributed by atoms with van der Waals surface area (Å²) in [4.78, 5) is 15.1. The van der Waals surface area contributed by atoms with Gasteiger partial charge in [-0.25, -0.2) is 0 Å². The Hall–Kier alpha value is -1.43. The van der Waals surface area contributed by atoms with Crippen molar-refractivity contribution in [2.45, 2.75) is 57.2 Å². The molecule has 2 fully saturated rings. The molecule has 2 heterocycles. The molecule has 2 aliphatic heterocycles. The van der Waals surface area contributed by atoms with E-state index in [1.165, 1.54) is 12.8 Å². The van der Waals surface area contributed by atoms with Crippen molar-refractivity contribution in [3.05, 3.63) is 35.4 Å². The molecule has 2 atom stereocenters. The smallest absolute Gasteiger partial charge is 0.251 e.